The van der Waals surface area contributed by atoms with Crippen LogP contribution in [0.5, 0.6) is 11.5 Å². The van der Waals surface area contributed by atoms with Crippen LogP contribution in [-0.4, -0.2) is 40.5 Å². The third-order valence-electron chi connectivity index (χ3n) is 4.70. The van der Waals surface area contributed by atoms with Crippen molar-refractivity contribution in [2.75, 3.05) is 19.9 Å². The van der Waals surface area contributed by atoms with Gasteiger partial charge in [0.2, 0.25) is 6.79 Å². The first kappa shape index (κ1) is 15.1. The Kier molecular flexibility index (Phi) is 3.67. The number of hydrogen-bond acceptors (Lipinski definition) is 4. The molecule has 0 spiro atoms. The number of likely N-dealkylation sites (tertiary alicyclic amines) is 1. The number of hydrogen-bond donors (Lipinski definition) is 0. The number of piperidine rings is 1. The zero-order valence-corrected chi connectivity index (χ0v) is 14.0. The van der Waals surface area contributed by atoms with Crippen LogP contribution in [0.1, 0.15) is 40.6 Å². The highest BCUT2D eigenvalue weighted by molar-refractivity contribution is 5.98. The molecule has 6 nitrogen and oxygen atoms in total. The fraction of sp³-hybridized carbons (Fsp3) is 0.444. The number of fused-ring (bicyclic) bond motifs is 1. The van der Waals surface area contributed by atoms with Crippen molar-refractivity contribution in [2.24, 2.45) is 0 Å². The monoisotopic (exact) mass is 327 g/mol. The Morgan fingerprint density at radius 2 is 2.17 bits per heavy atom. The van der Waals surface area contributed by atoms with Crippen molar-refractivity contribution in [3.63, 3.8) is 0 Å². The van der Waals surface area contributed by atoms with E-state index < -0.39 is 0 Å². The molecule has 1 saturated heterocycles. The summed E-state index contributed by atoms with van der Waals surface area (Å²) in [7, 11) is 0. The van der Waals surface area contributed by atoms with E-state index in [1.807, 2.05) is 30.0 Å². The maximum Gasteiger partial charge on any atom is 0.257 e. The molecule has 0 radical (unpaired) electrons. The summed E-state index contributed by atoms with van der Waals surface area (Å²) in [6.45, 7) is 5.67. The second-order valence-electron chi connectivity index (χ2n) is 6.46. The number of carbonyl (C=O) groups excluding carboxylic acids is 1. The standard InChI is InChI=1S/C18H21N3O3/c1-12-9-13(2)21(19-12)14-5-4-8-20(10-14)18(22)15-6-3-7-16-17(15)24-11-23-16/h3,6-7,9,14H,4-5,8,10-11H2,1-2H3/t14-/m0/s1. The summed E-state index contributed by atoms with van der Waals surface area (Å²) in [6, 6.07) is 7.78. The number of rotatable bonds is 2. The molecule has 2 aliphatic rings. The highest BCUT2D eigenvalue weighted by atomic mass is 16.7. The molecule has 2 aliphatic heterocycles. The van der Waals surface area contributed by atoms with Crippen molar-refractivity contribution >= 4 is 5.91 Å². The molecule has 1 amide bonds. The number of nitrogens with zero attached hydrogens (tertiary/aromatic N) is 3. The maximum atomic E-state index is 13.0. The molecule has 0 aliphatic carbocycles. The normalized spacial score (nSPS) is 19.6. The number of benzene rings is 1. The van der Waals surface area contributed by atoms with Gasteiger partial charge in [0, 0.05) is 18.8 Å². The van der Waals surface area contributed by atoms with E-state index in [1.165, 1.54) is 0 Å². The van der Waals surface area contributed by atoms with Gasteiger partial charge in [-0.05, 0) is 44.9 Å². The maximum absolute atomic E-state index is 13.0. The van der Waals surface area contributed by atoms with Crippen molar-refractivity contribution in [3.05, 3.63) is 41.2 Å². The van der Waals surface area contributed by atoms with E-state index in [0.29, 0.717) is 23.6 Å². The van der Waals surface area contributed by atoms with Crippen molar-refractivity contribution in [2.45, 2.75) is 32.7 Å². The molecule has 0 saturated carbocycles. The molecule has 2 aromatic rings. The largest absolute Gasteiger partial charge is 0.454 e. The number of ether oxygens (including phenoxy) is 2. The van der Waals surface area contributed by atoms with E-state index in [0.717, 1.165) is 30.8 Å². The highest BCUT2D eigenvalue weighted by Crippen LogP contribution is 2.36. The van der Waals surface area contributed by atoms with Crippen molar-refractivity contribution in [1.29, 1.82) is 0 Å². The second kappa shape index (κ2) is 5.85. The predicted octanol–water partition coefficient (Wildman–Crippen LogP) is 2.71. The molecule has 0 N–H and O–H groups in total. The molecule has 0 bridgehead atoms. The molecule has 1 atom stereocenters. The quantitative estimate of drug-likeness (QED) is 0.851. The molecule has 4 rings (SSSR count). The van der Waals surface area contributed by atoms with Gasteiger partial charge in [-0.3, -0.25) is 9.48 Å². The fourth-order valence-electron chi connectivity index (χ4n) is 3.62. The van der Waals surface area contributed by atoms with Gasteiger partial charge in [0.05, 0.1) is 17.3 Å². The van der Waals surface area contributed by atoms with E-state index >= 15 is 0 Å². The van der Waals surface area contributed by atoms with Gasteiger partial charge in [-0.2, -0.15) is 5.10 Å². The summed E-state index contributed by atoms with van der Waals surface area (Å²) in [6.07, 6.45) is 2.01. The van der Waals surface area contributed by atoms with E-state index in [-0.39, 0.29) is 18.7 Å². The van der Waals surface area contributed by atoms with Crippen molar-refractivity contribution in [3.8, 4) is 11.5 Å². The minimum absolute atomic E-state index is 0.00332. The van der Waals surface area contributed by atoms with Crippen LogP contribution in [0.4, 0.5) is 0 Å². The Bertz CT molecular complexity index is 784. The second-order valence-corrected chi connectivity index (χ2v) is 6.46. The summed E-state index contributed by atoms with van der Waals surface area (Å²) >= 11 is 0. The number of aromatic nitrogens is 2. The Morgan fingerprint density at radius 3 is 2.96 bits per heavy atom. The van der Waals surface area contributed by atoms with Gasteiger partial charge in [-0.15, -0.1) is 0 Å². The minimum atomic E-state index is 0.00332. The Hall–Kier alpha value is -2.50. The topological polar surface area (TPSA) is 56.6 Å². The van der Waals surface area contributed by atoms with Gasteiger partial charge in [-0.1, -0.05) is 6.07 Å². The average molecular weight is 327 g/mol. The van der Waals surface area contributed by atoms with E-state index in [2.05, 4.69) is 22.8 Å². The van der Waals surface area contributed by atoms with Crippen molar-refractivity contribution < 1.29 is 14.3 Å². The lowest BCUT2D eigenvalue weighted by atomic mass is 10.0. The van der Waals surface area contributed by atoms with Crippen LogP contribution in [0.25, 0.3) is 0 Å². The summed E-state index contributed by atoms with van der Waals surface area (Å²) < 4.78 is 12.9. The molecule has 6 heteroatoms. The van der Waals surface area contributed by atoms with E-state index in [1.54, 1.807) is 0 Å². The number of amides is 1. The van der Waals surface area contributed by atoms with Crippen LogP contribution < -0.4 is 9.47 Å². The van der Waals surface area contributed by atoms with Crippen LogP contribution in [0.2, 0.25) is 0 Å². The van der Waals surface area contributed by atoms with Crippen LogP contribution in [0.15, 0.2) is 24.3 Å². The Morgan fingerprint density at radius 1 is 1.29 bits per heavy atom. The Balaban J connectivity index is 1.57. The first-order valence-corrected chi connectivity index (χ1v) is 8.34. The lowest BCUT2D eigenvalue weighted by molar-refractivity contribution is 0.0667. The Labute approximate surface area is 141 Å². The molecule has 1 aromatic heterocycles. The molecular weight excluding hydrogens is 306 g/mol. The summed E-state index contributed by atoms with van der Waals surface area (Å²) in [5.74, 6) is 1.22. The SMILES string of the molecule is Cc1cc(C)n([C@H]2CCCN(C(=O)c3cccc4c3OCO4)C2)n1. The van der Waals surface area contributed by atoms with Crippen LogP contribution in [0.3, 0.4) is 0 Å². The molecule has 3 heterocycles. The first-order chi connectivity index (χ1) is 11.6. The fourth-order valence-corrected chi connectivity index (χ4v) is 3.62. The molecule has 1 fully saturated rings. The zero-order chi connectivity index (χ0) is 16.7. The van der Waals surface area contributed by atoms with Gasteiger partial charge in [0.15, 0.2) is 11.5 Å². The zero-order valence-electron chi connectivity index (χ0n) is 14.0. The van der Waals surface area contributed by atoms with E-state index in [4.69, 9.17) is 9.47 Å². The van der Waals surface area contributed by atoms with E-state index in [9.17, 15) is 4.79 Å². The van der Waals surface area contributed by atoms with Gasteiger partial charge in [-0.25, -0.2) is 0 Å². The van der Waals surface area contributed by atoms with Gasteiger partial charge < -0.3 is 14.4 Å². The number of aryl methyl sites for hydroxylation is 2. The molecule has 24 heavy (non-hydrogen) atoms. The molecule has 0 unspecified atom stereocenters. The molecule has 126 valence electrons. The first-order valence-electron chi connectivity index (χ1n) is 8.34. The number of carbonyl (C=O) groups is 1. The summed E-state index contributed by atoms with van der Waals surface area (Å²) in [5.41, 5.74) is 2.74. The smallest absolute Gasteiger partial charge is 0.257 e. The van der Waals surface area contributed by atoms with Crippen LogP contribution >= 0.6 is 0 Å². The molecule has 1 aromatic carbocycles. The summed E-state index contributed by atoms with van der Waals surface area (Å²) in [4.78, 5) is 14.9. The minimum Gasteiger partial charge on any atom is -0.454 e. The van der Waals surface area contributed by atoms with Crippen molar-refractivity contribution in [1.82, 2.24) is 14.7 Å². The van der Waals surface area contributed by atoms with Crippen LogP contribution in [-0.2, 0) is 0 Å². The lowest BCUT2D eigenvalue weighted by Crippen LogP contribution is -2.41. The van der Waals surface area contributed by atoms with Gasteiger partial charge in [0.1, 0.15) is 0 Å². The predicted molar refractivity (Wildman–Crippen MR) is 88.4 cm³/mol. The van der Waals surface area contributed by atoms with Crippen LogP contribution in [0, 0.1) is 13.8 Å². The highest BCUT2D eigenvalue weighted by Gasteiger charge is 2.30. The van der Waals surface area contributed by atoms with Gasteiger partial charge in [0.25, 0.3) is 5.91 Å². The molecular formula is C18H21N3O3. The summed E-state index contributed by atoms with van der Waals surface area (Å²) in [5, 5.41) is 4.59. The third-order valence-corrected chi connectivity index (χ3v) is 4.70. The third kappa shape index (κ3) is 2.52. The number of para-hydroxylation sites is 1. The van der Waals surface area contributed by atoms with Gasteiger partial charge >= 0.3 is 0 Å². The lowest BCUT2D eigenvalue weighted by Gasteiger charge is -2.33. The average Bonchev–Trinajstić information content (AvgIpc) is 3.20.